The van der Waals surface area contributed by atoms with Gasteiger partial charge in [-0.2, -0.15) is 0 Å². The van der Waals surface area contributed by atoms with Crippen LogP contribution in [-0.2, 0) is 22.6 Å². The Kier molecular flexibility index (Phi) is 4.39. The number of carbonyl (C=O) groups excluding carboxylic acids is 2. The zero-order chi connectivity index (χ0) is 14.7. The topological polar surface area (TPSA) is 75.4 Å². The summed E-state index contributed by atoms with van der Waals surface area (Å²) in [5.41, 5.74) is 7.63. The predicted octanol–water partition coefficient (Wildman–Crippen LogP) is 0.423. The van der Waals surface area contributed by atoms with E-state index in [2.05, 4.69) is 11.4 Å². The number of amides is 2. The number of benzene rings is 1. The molecule has 1 aliphatic rings. The molecule has 1 atom stereocenters. The number of nitrogens with two attached hydrogens (primary N) is 1. The molecule has 0 aromatic heterocycles. The lowest BCUT2D eigenvalue weighted by Crippen LogP contribution is -2.53. The first-order valence-corrected chi connectivity index (χ1v) is 6.88. The second kappa shape index (κ2) is 6.05. The third-order valence-corrected chi connectivity index (χ3v) is 3.61. The van der Waals surface area contributed by atoms with E-state index in [1.165, 1.54) is 16.0 Å². The molecule has 0 aliphatic carbocycles. The number of carbonyl (C=O) groups is 2. The molecule has 1 heterocycles. The summed E-state index contributed by atoms with van der Waals surface area (Å²) in [6.45, 7) is 4.42. The molecule has 0 saturated carbocycles. The van der Waals surface area contributed by atoms with Gasteiger partial charge in [0.05, 0.1) is 12.6 Å². The number of nitrogens with one attached hydrogen (secondary N) is 1. The molecular formula is C15H21N3O2. The Bertz CT molecular complexity index is 514. The molecule has 1 aromatic carbocycles. The highest BCUT2D eigenvalue weighted by Gasteiger charge is 2.29. The molecule has 0 unspecified atom stereocenters. The summed E-state index contributed by atoms with van der Waals surface area (Å²) < 4.78 is 0. The SMILES string of the molecule is CC(C)N(CC(N)=O)C(=O)[C@@H]1Cc2ccccc2CN1. The molecule has 3 N–H and O–H groups in total. The number of rotatable bonds is 4. The lowest BCUT2D eigenvalue weighted by atomic mass is 9.95. The summed E-state index contributed by atoms with van der Waals surface area (Å²) in [4.78, 5) is 25.2. The Morgan fingerprint density at radius 3 is 2.60 bits per heavy atom. The molecule has 2 amide bonds. The van der Waals surface area contributed by atoms with Crippen LogP contribution in [0.2, 0.25) is 0 Å². The van der Waals surface area contributed by atoms with Gasteiger partial charge in [0.25, 0.3) is 0 Å². The minimum Gasteiger partial charge on any atom is -0.368 e. The van der Waals surface area contributed by atoms with Gasteiger partial charge in [0.2, 0.25) is 11.8 Å². The standard InChI is InChI=1S/C15H21N3O2/c1-10(2)18(9-14(16)19)15(20)13-7-11-5-3-4-6-12(11)8-17-13/h3-6,10,13,17H,7-9H2,1-2H3,(H2,16,19)/t13-/m0/s1. The van der Waals surface area contributed by atoms with Gasteiger partial charge in [0, 0.05) is 12.6 Å². The van der Waals surface area contributed by atoms with E-state index in [1.807, 2.05) is 32.0 Å². The van der Waals surface area contributed by atoms with E-state index < -0.39 is 5.91 Å². The van der Waals surface area contributed by atoms with Crippen molar-refractivity contribution in [2.75, 3.05) is 6.54 Å². The van der Waals surface area contributed by atoms with Crippen molar-refractivity contribution in [3.63, 3.8) is 0 Å². The molecule has 5 heteroatoms. The quantitative estimate of drug-likeness (QED) is 0.836. The molecule has 0 saturated heterocycles. The fraction of sp³-hybridized carbons (Fsp3) is 0.467. The maximum Gasteiger partial charge on any atom is 0.240 e. The molecule has 1 aliphatic heterocycles. The van der Waals surface area contributed by atoms with Gasteiger partial charge in [-0.3, -0.25) is 9.59 Å². The van der Waals surface area contributed by atoms with Crippen molar-refractivity contribution in [1.82, 2.24) is 10.2 Å². The average Bonchev–Trinajstić information content (AvgIpc) is 2.43. The highest BCUT2D eigenvalue weighted by molar-refractivity contribution is 5.87. The lowest BCUT2D eigenvalue weighted by Gasteiger charge is -2.32. The molecule has 0 spiro atoms. The van der Waals surface area contributed by atoms with Crippen LogP contribution in [0.3, 0.4) is 0 Å². The van der Waals surface area contributed by atoms with E-state index in [1.54, 1.807) is 0 Å². The molecule has 20 heavy (non-hydrogen) atoms. The summed E-state index contributed by atoms with van der Waals surface area (Å²) in [7, 11) is 0. The van der Waals surface area contributed by atoms with Crippen LogP contribution in [0.4, 0.5) is 0 Å². The van der Waals surface area contributed by atoms with Gasteiger partial charge >= 0.3 is 0 Å². The van der Waals surface area contributed by atoms with Crippen molar-refractivity contribution in [2.45, 2.75) is 38.9 Å². The van der Waals surface area contributed by atoms with Crippen molar-refractivity contribution >= 4 is 11.8 Å². The zero-order valence-corrected chi connectivity index (χ0v) is 11.9. The third-order valence-electron chi connectivity index (χ3n) is 3.61. The van der Waals surface area contributed by atoms with Crippen molar-refractivity contribution in [3.8, 4) is 0 Å². The Hall–Kier alpha value is -1.88. The van der Waals surface area contributed by atoms with Gasteiger partial charge in [-0.25, -0.2) is 0 Å². The fourth-order valence-corrected chi connectivity index (χ4v) is 2.51. The van der Waals surface area contributed by atoms with Crippen molar-refractivity contribution in [3.05, 3.63) is 35.4 Å². The van der Waals surface area contributed by atoms with Gasteiger partial charge in [-0.05, 0) is 31.4 Å². The summed E-state index contributed by atoms with van der Waals surface area (Å²) >= 11 is 0. The Morgan fingerprint density at radius 1 is 1.35 bits per heavy atom. The van der Waals surface area contributed by atoms with Crippen LogP contribution in [0, 0.1) is 0 Å². The van der Waals surface area contributed by atoms with Crippen molar-refractivity contribution in [2.24, 2.45) is 5.73 Å². The second-order valence-electron chi connectivity index (χ2n) is 5.43. The van der Waals surface area contributed by atoms with Gasteiger partial charge in [0.1, 0.15) is 0 Å². The van der Waals surface area contributed by atoms with Gasteiger partial charge < -0.3 is 16.0 Å². The van der Waals surface area contributed by atoms with Crippen LogP contribution in [0.1, 0.15) is 25.0 Å². The summed E-state index contributed by atoms with van der Waals surface area (Å²) in [6.07, 6.45) is 0.650. The summed E-state index contributed by atoms with van der Waals surface area (Å²) in [6, 6.07) is 7.75. The summed E-state index contributed by atoms with van der Waals surface area (Å²) in [5.74, 6) is -0.545. The smallest absolute Gasteiger partial charge is 0.240 e. The zero-order valence-electron chi connectivity index (χ0n) is 11.9. The minimum absolute atomic E-state index is 0.0314. The van der Waals surface area contributed by atoms with E-state index in [0.29, 0.717) is 13.0 Å². The number of hydrogen-bond donors (Lipinski definition) is 2. The van der Waals surface area contributed by atoms with Crippen LogP contribution in [0.25, 0.3) is 0 Å². The Labute approximate surface area is 119 Å². The average molecular weight is 275 g/mol. The predicted molar refractivity (Wildman–Crippen MR) is 76.8 cm³/mol. The molecule has 108 valence electrons. The van der Waals surface area contributed by atoms with Crippen LogP contribution < -0.4 is 11.1 Å². The van der Waals surface area contributed by atoms with E-state index in [9.17, 15) is 9.59 Å². The molecule has 0 bridgehead atoms. The van der Waals surface area contributed by atoms with Gasteiger partial charge in [0.15, 0.2) is 0 Å². The van der Waals surface area contributed by atoms with Crippen LogP contribution in [-0.4, -0.2) is 35.3 Å². The van der Waals surface area contributed by atoms with E-state index in [0.717, 1.165) is 0 Å². The summed E-state index contributed by atoms with van der Waals surface area (Å²) in [5, 5.41) is 3.24. The molecule has 1 aromatic rings. The molecule has 0 radical (unpaired) electrons. The first kappa shape index (κ1) is 14.5. The van der Waals surface area contributed by atoms with Crippen molar-refractivity contribution in [1.29, 1.82) is 0 Å². The third kappa shape index (κ3) is 3.17. The monoisotopic (exact) mass is 275 g/mol. The molecule has 0 fully saturated rings. The second-order valence-corrected chi connectivity index (χ2v) is 5.43. The van der Waals surface area contributed by atoms with Gasteiger partial charge in [-0.15, -0.1) is 0 Å². The lowest BCUT2D eigenvalue weighted by molar-refractivity contribution is -0.138. The molecule has 5 nitrogen and oxygen atoms in total. The van der Waals surface area contributed by atoms with Crippen LogP contribution >= 0.6 is 0 Å². The number of hydrogen-bond acceptors (Lipinski definition) is 3. The van der Waals surface area contributed by atoms with E-state index in [4.69, 9.17) is 5.73 Å². The molecular weight excluding hydrogens is 254 g/mol. The first-order valence-electron chi connectivity index (χ1n) is 6.88. The maximum absolute atomic E-state index is 12.5. The molecule has 2 rings (SSSR count). The fourth-order valence-electron chi connectivity index (χ4n) is 2.51. The largest absolute Gasteiger partial charge is 0.368 e. The number of primary amides is 1. The minimum atomic E-state index is -0.483. The Morgan fingerprint density at radius 2 is 2.00 bits per heavy atom. The highest BCUT2D eigenvalue weighted by atomic mass is 16.2. The number of fused-ring (bicyclic) bond motifs is 1. The maximum atomic E-state index is 12.5. The highest BCUT2D eigenvalue weighted by Crippen LogP contribution is 2.18. The van der Waals surface area contributed by atoms with Gasteiger partial charge in [-0.1, -0.05) is 24.3 Å². The van der Waals surface area contributed by atoms with Crippen LogP contribution in [0.15, 0.2) is 24.3 Å². The number of nitrogens with zero attached hydrogens (tertiary/aromatic N) is 1. The van der Waals surface area contributed by atoms with E-state index in [-0.39, 0.29) is 24.5 Å². The Balaban J connectivity index is 2.11. The van der Waals surface area contributed by atoms with Crippen molar-refractivity contribution < 1.29 is 9.59 Å². The first-order chi connectivity index (χ1) is 9.49. The van der Waals surface area contributed by atoms with Crippen LogP contribution in [0.5, 0.6) is 0 Å². The normalized spacial score (nSPS) is 17.6. The van der Waals surface area contributed by atoms with E-state index >= 15 is 0 Å².